The van der Waals surface area contributed by atoms with Crippen LogP contribution in [0, 0.1) is 0 Å². The summed E-state index contributed by atoms with van der Waals surface area (Å²) >= 11 is 0. The Balaban J connectivity index is 1.97. The zero-order valence-electron chi connectivity index (χ0n) is 12.3. The first-order chi connectivity index (χ1) is 10.8. The molecule has 0 bridgehead atoms. The molecule has 1 heterocycles. The van der Waals surface area contributed by atoms with E-state index in [1.54, 1.807) is 0 Å². The lowest BCUT2D eigenvalue weighted by molar-refractivity contribution is -0.137. The van der Waals surface area contributed by atoms with E-state index < -0.39 is 23.9 Å². The molecule has 0 radical (unpaired) electrons. The highest BCUT2D eigenvalue weighted by molar-refractivity contribution is 5.90. The predicted molar refractivity (Wildman–Crippen MR) is 75.8 cm³/mol. The summed E-state index contributed by atoms with van der Waals surface area (Å²) in [6.45, 7) is 0.574. The third-order valence-electron chi connectivity index (χ3n) is 3.36. The van der Waals surface area contributed by atoms with E-state index >= 15 is 0 Å². The standard InChI is InChI=1S/C14H16F3N3O3/c1-18-12(21)11-8-20(6-7-23-11)13(22)19-10-4-2-9(3-5-10)14(15,16)17/h2-5,11H,6-8H2,1H3,(H,18,21)(H,19,22). The molecule has 3 amide bonds. The molecular formula is C14H16F3N3O3. The second-order valence-corrected chi connectivity index (χ2v) is 4.92. The molecule has 1 saturated heterocycles. The Kier molecular flexibility index (Phi) is 5.09. The van der Waals surface area contributed by atoms with Crippen LogP contribution in [0.25, 0.3) is 0 Å². The van der Waals surface area contributed by atoms with E-state index in [9.17, 15) is 22.8 Å². The molecule has 1 unspecified atom stereocenters. The van der Waals surface area contributed by atoms with Gasteiger partial charge in [0.2, 0.25) is 0 Å². The van der Waals surface area contributed by atoms with Crippen molar-refractivity contribution in [1.29, 1.82) is 0 Å². The number of benzene rings is 1. The monoisotopic (exact) mass is 331 g/mol. The Hall–Kier alpha value is -2.29. The molecule has 2 rings (SSSR count). The number of rotatable bonds is 2. The SMILES string of the molecule is CNC(=O)C1CN(C(=O)Nc2ccc(C(F)(F)F)cc2)CCO1. The van der Waals surface area contributed by atoms with Gasteiger partial charge in [-0.3, -0.25) is 4.79 Å². The molecular weight excluding hydrogens is 315 g/mol. The molecule has 1 aliphatic heterocycles. The normalized spacial score (nSPS) is 18.4. The van der Waals surface area contributed by atoms with Gasteiger partial charge in [0.25, 0.3) is 5.91 Å². The number of alkyl halides is 3. The molecule has 6 nitrogen and oxygen atoms in total. The minimum Gasteiger partial charge on any atom is -0.365 e. The fraction of sp³-hybridized carbons (Fsp3) is 0.429. The Morgan fingerprint density at radius 3 is 2.48 bits per heavy atom. The number of anilines is 1. The minimum absolute atomic E-state index is 0.0755. The van der Waals surface area contributed by atoms with E-state index in [1.165, 1.54) is 24.1 Å². The molecule has 1 aliphatic rings. The molecule has 1 aromatic carbocycles. The van der Waals surface area contributed by atoms with Gasteiger partial charge in [-0.15, -0.1) is 0 Å². The third-order valence-corrected chi connectivity index (χ3v) is 3.36. The molecule has 0 saturated carbocycles. The summed E-state index contributed by atoms with van der Waals surface area (Å²) in [7, 11) is 1.47. The summed E-state index contributed by atoms with van der Waals surface area (Å²) in [6, 6.07) is 3.64. The average molecular weight is 331 g/mol. The van der Waals surface area contributed by atoms with Crippen LogP contribution in [0.1, 0.15) is 5.56 Å². The van der Waals surface area contributed by atoms with E-state index in [2.05, 4.69) is 10.6 Å². The number of urea groups is 1. The first-order valence-corrected chi connectivity index (χ1v) is 6.87. The highest BCUT2D eigenvalue weighted by atomic mass is 19.4. The first kappa shape index (κ1) is 17.1. The summed E-state index contributed by atoms with van der Waals surface area (Å²) < 4.78 is 42.7. The maximum Gasteiger partial charge on any atom is 0.416 e. The lowest BCUT2D eigenvalue weighted by Crippen LogP contribution is -2.52. The number of hydrogen-bond acceptors (Lipinski definition) is 3. The van der Waals surface area contributed by atoms with Crippen molar-refractivity contribution in [3.05, 3.63) is 29.8 Å². The van der Waals surface area contributed by atoms with Crippen LogP contribution in [-0.4, -0.2) is 49.7 Å². The van der Waals surface area contributed by atoms with E-state index in [-0.39, 0.29) is 24.7 Å². The van der Waals surface area contributed by atoms with Crippen molar-refractivity contribution in [2.45, 2.75) is 12.3 Å². The van der Waals surface area contributed by atoms with Crippen LogP contribution < -0.4 is 10.6 Å². The van der Waals surface area contributed by atoms with Crippen molar-refractivity contribution in [3.63, 3.8) is 0 Å². The van der Waals surface area contributed by atoms with Crippen molar-refractivity contribution in [3.8, 4) is 0 Å². The van der Waals surface area contributed by atoms with Crippen LogP contribution in [0.5, 0.6) is 0 Å². The van der Waals surface area contributed by atoms with Crippen molar-refractivity contribution < 1.29 is 27.5 Å². The van der Waals surface area contributed by atoms with Crippen LogP contribution in [-0.2, 0) is 15.7 Å². The number of carbonyl (C=O) groups excluding carboxylic acids is 2. The molecule has 0 aromatic heterocycles. The third kappa shape index (κ3) is 4.35. The smallest absolute Gasteiger partial charge is 0.365 e. The highest BCUT2D eigenvalue weighted by Gasteiger charge is 2.31. The van der Waals surface area contributed by atoms with Crippen LogP contribution in [0.2, 0.25) is 0 Å². The van der Waals surface area contributed by atoms with Gasteiger partial charge in [0, 0.05) is 19.3 Å². The largest absolute Gasteiger partial charge is 0.416 e. The van der Waals surface area contributed by atoms with Gasteiger partial charge in [-0.05, 0) is 24.3 Å². The summed E-state index contributed by atoms with van der Waals surface area (Å²) in [5.41, 5.74) is -0.549. The molecule has 1 aromatic rings. The quantitative estimate of drug-likeness (QED) is 0.866. The van der Waals surface area contributed by atoms with Crippen molar-refractivity contribution in [1.82, 2.24) is 10.2 Å². The van der Waals surface area contributed by atoms with Gasteiger partial charge < -0.3 is 20.3 Å². The van der Waals surface area contributed by atoms with Crippen molar-refractivity contribution >= 4 is 17.6 Å². The number of nitrogens with one attached hydrogen (secondary N) is 2. The van der Waals surface area contributed by atoms with Crippen LogP contribution in [0.3, 0.4) is 0 Å². The minimum atomic E-state index is -4.42. The van der Waals surface area contributed by atoms with Crippen LogP contribution >= 0.6 is 0 Å². The Morgan fingerprint density at radius 1 is 1.26 bits per heavy atom. The highest BCUT2D eigenvalue weighted by Crippen LogP contribution is 2.29. The van der Waals surface area contributed by atoms with E-state index in [1.807, 2.05) is 0 Å². The lowest BCUT2D eigenvalue weighted by atomic mass is 10.2. The number of ether oxygens (including phenoxy) is 1. The zero-order chi connectivity index (χ0) is 17.0. The van der Waals surface area contributed by atoms with Gasteiger partial charge in [0.05, 0.1) is 18.7 Å². The maximum atomic E-state index is 12.5. The zero-order valence-corrected chi connectivity index (χ0v) is 12.3. The number of carbonyl (C=O) groups is 2. The summed E-state index contributed by atoms with van der Waals surface area (Å²) in [5, 5.41) is 4.94. The lowest BCUT2D eigenvalue weighted by Gasteiger charge is -2.31. The van der Waals surface area contributed by atoms with Gasteiger partial charge in [0.1, 0.15) is 0 Å². The summed E-state index contributed by atoms with van der Waals surface area (Å²) in [4.78, 5) is 25.0. The Morgan fingerprint density at radius 2 is 1.91 bits per heavy atom. The van der Waals surface area contributed by atoms with E-state index in [0.29, 0.717) is 6.54 Å². The molecule has 0 aliphatic carbocycles. The first-order valence-electron chi connectivity index (χ1n) is 6.87. The summed E-state index contributed by atoms with van der Waals surface area (Å²) in [5.74, 6) is -0.336. The fourth-order valence-electron chi connectivity index (χ4n) is 2.10. The second-order valence-electron chi connectivity index (χ2n) is 4.92. The second kappa shape index (κ2) is 6.86. The molecule has 23 heavy (non-hydrogen) atoms. The average Bonchev–Trinajstić information content (AvgIpc) is 2.54. The molecule has 126 valence electrons. The van der Waals surface area contributed by atoms with Gasteiger partial charge in [0.15, 0.2) is 6.10 Å². The number of morpholine rings is 1. The van der Waals surface area contributed by atoms with E-state index in [0.717, 1.165) is 12.1 Å². The topological polar surface area (TPSA) is 70.7 Å². The number of nitrogens with zero attached hydrogens (tertiary/aromatic N) is 1. The molecule has 1 atom stereocenters. The fourth-order valence-corrected chi connectivity index (χ4v) is 2.10. The Labute approximate surface area is 130 Å². The van der Waals surface area contributed by atoms with Gasteiger partial charge >= 0.3 is 12.2 Å². The number of likely N-dealkylation sites (N-methyl/N-ethyl adjacent to an activating group) is 1. The number of halogens is 3. The molecule has 0 spiro atoms. The predicted octanol–water partition coefficient (Wildman–Crippen LogP) is 1.68. The van der Waals surface area contributed by atoms with Crippen LogP contribution in [0.4, 0.5) is 23.7 Å². The van der Waals surface area contributed by atoms with Gasteiger partial charge in [-0.1, -0.05) is 0 Å². The number of hydrogen-bond donors (Lipinski definition) is 2. The summed E-state index contributed by atoms with van der Waals surface area (Å²) in [6.07, 6.45) is -5.18. The van der Waals surface area contributed by atoms with Crippen LogP contribution in [0.15, 0.2) is 24.3 Å². The molecule has 2 N–H and O–H groups in total. The number of amides is 3. The van der Waals surface area contributed by atoms with Gasteiger partial charge in [-0.25, -0.2) is 4.79 Å². The van der Waals surface area contributed by atoms with Crippen molar-refractivity contribution in [2.24, 2.45) is 0 Å². The Bertz CT molecular complexity index is 575. The van der Waals surface area contributed by atoms with Gasteiger partial charge in [-0.2, -0.15) is 13.2 Å². The van der Waals surface area contributed by atoms with E-state index in [4.69, 9.17) is 4.74 Å². The van der Waals surface area contributed by atoms with Crippen molar-refractivity contribution in [2.75, 3.05) is 32.1 Å². The maximum absolute atomic E-state index is 12.5. The molecule has 1 fully saturated rings. The molecule has 9 heteroatoms.